The SMILES string of the molecule is CCCCOCCOCCOCCOC.COC(=O)c1ccccc1. The van der Waals surface area contributed by atoms with Crippen LogP contribution in [0, 0.1) is 0 Å². The Morgan fingerprint density at radius 1 is 0.800 bits per heavy atom. The first-order valence-corrected chi connectivity index (χ1v) is 8.61. The predicted octanol–water partition coefficient (Wildman–Crippen LogP) is 2.96. The molecule has 1 aromatic carbocycles. The maximum absolute atomic E-state index is 10.8. The molecule has 1 aromatic rings. The van der Waals surface area contributed by atoms with Gasteiger partial charge in [0.1, 0.15) is 0 Å². The lowest BCUT2D eigenvalue weighted by atomic mass is 10.2. The van der Waals surface area contributed by atoms with Crippen molar-refractivity contribution in [1.82, 2.24) is 0 Å². The Morgan fingerprint density at radius 3 is 1.80 bits per heavy atom. The summed E-state index contributed by atoms with van der Waals surface area (Å²) in [5, 5.41) is 0. The summed E-state index contributed by atoms with van der Waals surface area (Å²) in [4.78, 5) is 10.8. The maximum Gasteiger partial charge on any atom is 0.337 e. The van der Waals surface area contributed by atoms with Gasteiger partial charge in [0.2, 0.25) is 0 Å². The molecule has 0 amide bonds. The second-order valence-electron chi connectivity index (χ2n) is 5.04. The van der Waals surface area contributed by atoms with Crippen LogP contribution in [-0.2, 0) is 23.7 Å². The second-order valence-corrected chi connectivity index (χ2v) is 5.04. The van der Waals surface area contributed by atoms with Gasteiger partial charge in [-0.1, -0.05) is 31.5 Å². The number of hydrogen-bond acceptors (Lipinski definition) is 6. The molecule has 0 N–H and O–H groups in total. The zero-order valence-electron chi connectivity index (χ0n) is 15.7. The van der Waals surface area contributed by atoms with E-state index in [0.717, 1.165) is 13.0 Å². The molecular formula is C19H32O6. The Hall–Kier alpha value is -1.47. The summed E-state index contributed by atoms with van der Waals surface area (Å²) in [7, 11) is 3.03. The van der Waals surface area contributed by atoms with E-state index in [9.17, 15) is 4.79 Å². The summed E-state index contributed by atoms with van der Waals surface area (Å²) < 4.78 is 25.2. The molecule has 0 saturated carbocycles. The molecule has 0 unspecified atom stereocenters. The number of ether oxygens (including phenoxy) is 5. The van der Waals surface area contributed by atoms with Gasteiger partial charge in [0.25, 0.3) is 0 Å². The fourth-order valence-corrected chi connectivity index (χ4v) is 1.62. The van der Waals surface area contributed by atoms with Crippen LogP contribution in [-0.4, -0.2) is 66.4 Å². The molecule has 0 aromatic heterocycles. The molecule has 0 bridgehead atoms. The minimum absolute atomic E-state index is 0.291. The summed E-state index contributed by atoms with van der Waals surface area (Å²) in [5.74, 6) is -0.291. The normalized spacial score (nSPS) is 10.0. The zero-order valence-corrected chi connectivity index (χ0v) is 15.7. The molecule has 0 saturated heterocycles. The highest BCUT2D eigenvalue weighted by Crippen LogP contribution is 1.98. The average Bonchev–Trinajstić information content (AvgIpc) is 2.66. The fourth-order valence-electron chi connectivity index (χ4n) is 1.62. The Bertz CT molecular complexity index is 384. The molecule has 0 aliphatic heterocycles. The van der Waals surface area contributed by atoms with Crippen LogP contribution in [0.3, 0.4) is 0 Å². The van der Waals surface area contributed by atoms with Crippen LogP contribution >= 0.6 is 0 Å². The van der Waals surface area contributed by atoms with Crippen molar-refractivity contribution in [3.8, 4) is 0 Å². The lowest BCUT2D eigenvalue weighted by Crippen LogP contribution is -2.11. The molecule has 0 heterocycles. The monoisotopic (exact) mass is 356 g/mol. The lowest BCUT2D eigenvalue weighted by molar-refractivity contribution is 0.00337. The Balaban J connectivity index is 0.000000496. The Labute approximate surface area is 151 Å². The zero-order chi connectivity index (χ0) is 18.6. The van der Waals surface area contributed by atoms with Crippen molar-refractivity contribution >= 4 is 5.97 Å². The average molecular weight is 356 g/mol. The summed E-state index contributed by atoms with van der Waals surface area (Å²) in [6.45, 7) is 6.84. The molecule has 0 atom stereocenters. The molecule has 0 radical (unpaired) electrons. The highest BCUT2D eigenvalue weighted by atomic mass is 16.6. The third-order valence-electron chi connectivity index (χ3n) is 3.01. The molecular weight excluding hydrogens is 324 g/mol. The van der Waals surface area contributed by atoms with E-state index in [4.69, 9.17) is 18.9 Å². The first-order valence-electron chi connectivity index (χ1n) is 8.61. The van der Waals surface area contributed by atoms with Crippen molar-refractivity contribution in [2.75, 3.05) is 60.5 Å². The number of carbonyl (C=O) groups is 1. The van der Waals surface area contributed by atoms with E-state index in [1.807, 2.05) is 6.07 Å². The number of rotatable bonds is 13. The molecule has 0 fully saturated rings. The van der Waals surface area contributed by atoms with Gasteiger partial charge >= 0.3 is 5.97 Å². The van der Waals surface area contributed by atoms with Gasteiger partial charge in [-0.3, -0.25) is 0 Å². The molecule has 1 rings (SSSR count). The van der Waals surface area contributed by atoms with Gasteiger partial charge in [0, 0.05) is 13.7 Å². The van der Waals surface area contributed by atoms with Gasteiger partial charge in [0.05, 0.1) is 52.3 Å². The van der Waals surface area contributed by atoms with E-state index in [1.165, 1.54) is 13.5 Å². The Morgan fingerprint density at radius 2 is 1.32 bits per heavy atom. The first-order chi connectivity index (χ1) is 12.3. The molecule has 6 nitrogen and oxygen atoms in total. The van der Waals surface area contributed by atoms with E-state index in [1.54, 1.807) is 31.4 Å². The Kier molecular flexibility index (Phi) is 17.8. The summed E-state index contributed by atoms with van der Waals surface area (Å²) in [5.41, 5.74) is 0.588. The smallest absolute Gasteiger partial charge is 0.337 e. The lowest BCUT2D eigenvalue weighted by Gasteiger charge is -2.06. The van der Waals surface area contributed by atoms with E-state index in [2.05, 4.69) is 11.7 Å². The topological polar surface area (TPSA) is 63.2 Å². The number of methoxy groups -OCH3 is 2. The predicted molar refractivity (Wildman–Crippen MR) is 97.0 cm³/mol. The van der Waals surface area contributed by atoms with E-state index >= 15 is 0 Å². The van der Waals surface area contributed by atoms with Gasteiger partial charge in [0.15, 0.2) is 0 Å². The largest absolute Gasteiger partial charge is 0.465 e. The van der Waals surface area contributed by atoms with E-state index in [-0.39, 0.29) is 5.97 Å². The summed E-state index contributed by atoms with van der Waals surface area (Å²) >= 11 is 0. The standard InChI is InChI=1S/C11H24O4.C8H8O2/c1-3-4-5-13-8-9-15-11-10-14-7-6-12-2;1-10-8(9)7-5-3-2-4-6-7/h3-11H2,1-2H3;2-6H,1H3. The van der Waals surface area contributed by atoms with Crippen LogP contribution in [0.1, 0.15) is 30.1 Å². The van der Waals surface area contributed by atoms with Crippen LogP contribution < -0.4 is 0 Å². The number of esters is 1. The van der Waals surface area contributed by atoms with Crippen molar-refractivity contribution in [2.45, 2.75) is 19.8 Å². The fraction of sp³-hybridized carbons (Fsp3) is 0.632. The quantitative estimate of drug-likeness (QED) is 0.400. The van der Waals surface area contributed by atoms with Crippen molar-refractivity contribution < 1.29 is 28.5 Å². The third-order valence-corrected chi connectivity index (χ3v) is 3.01. The highest BCUT2D eigenvalue weighted by Gasteiger charge is 2.00. The van der Waals surface area contributed by atoms with Crippen LogP contribution in [0.2, 0.25) is 0 Å². The number of unbranched alkanes of at least 4 members (excludes halogenated alkanes) is 1. The van der Waals surface area contributed by atoms with Crippen LogP contribution in [0.5, 0.6) is 0 Å². The van der Waals surface area contributed by atoms with Gasteiger partial charge in [-0.05, 0) is 18.6 Å². The van der Waals surface area contributed by atoms with Crippen LogP contribution in [0.25, 0.3) is 0 Å². The summed E-state index contributed by atoms with van der Waals surface area (Å²) in [6, 6.07) is 8.88. The summed E-state index contributed by atoms with van der Waals surface area (Å²) in [6.07, 6.45) is 2.30. The highest BCUT2D eigenvalue weighted by molar-refractivity contribution is 5.89. The van der Waals surface area contributed by atoms with Crippen molar-refractivity contribution in [1.29, 1.82) is 0 Å². The molecule has 0 aliphatic rings. The van der Waals surface area contributed by atoms with Gasteiger partial charge < -0.3 is 23.7 Å². The maximum atomic E-state index is 10.8. The minimum atomic E-state index is -0.291. The molecule has 25 heavy (non-hydrogen) atoms. The second kappa shape index (κ2) is 18.9. The molecule has 6 heteroatoms. The first kappa shape index (κ1) is 23.5. The van der Waals surface area contributed by atoms with Crippen molar-refractivity contribution in [3.05, 3.63) is 35.9 Å². The van der Waals surface area contributed by atoms with Gasteiger partial charge in [-0.15, -0.1) is 0 Å². The van der Waals surface area contributed by atoms with Crippen molar-refractivity contribution in [3.63, 3.8) is 0 Å². The minimum Gasteiger partial charge on any atom is -0.465 e. The number of hydrogen-bond donors (Lipinski definition) is 0. The third kappa shape index (κ3) is 15.8. The van der Waals surface area contributed by atoms with Gasteiger partial charge in [-0.2, -0.15) is 0 Å². The van der Waals surface area contributed by atoms with Crippen LogP contribution in [0.15, 0.2) is 30.3 Å². The van der Waals surface area contributed by atoms with Crippen LogP contribution in [0.4, 0.5) is 0 Å². The molecule has 0 aliphatic carbocycles. The van der Waals surface area contributed by atoms with Gasteiger partial charge in [-0.25, -0.2) is 4.79 Å². The molecule has 144 valence electrons. The van der Waals surface area contributed by atoms with E-state index in [0.29, 0.717) is 45.2 Å². The number of carbonyl (C=O) groups excluding carboxylic acids is 1. The molecule has 0 spiro atoms. The van der Waals surface area contributed by atoms with Crippen molar-refractivity contribution in [2.24, 2.45) is 0 Å². The van der Waals surface area contributed by atoms with E-state index < -0.39 is 0 Å². The number of benzene rings is 1.